The summed E-state index contributed by atoms with van der Waals surface area (Å²) in [4.78, 5) is 2.51. The van der Waals surface area contributed by atoms with E-state index in [4.69, 9.17) is 5.73 Å². The standard InChI is InChI=1S/C14H22BrN3O2S/c1-10-13(16)6-12(15)7-14(10)21(19,20)18(3)9-11-4-5-17(2)8-11/h6-7,11H,4-5,8-9,16H2,1-3H3. The van der Waals surface area contributed by atoms with Crippen molar-refractivity contribution in [1.82, 2.24) is 9.21 Å². The lowest BCUT2D eigenvalue weighted by atomic mass is 10.1. The number of sulfonamides is 1. The second-order valence-corrected chi connectivity index (χ2v) is 8.75. The van der Waals surface area contributed by atoms with Gasteiger partial charge in [0.2, 0.25) is 10.0 Å². The van der Waals surface area contributed by atoms with Crippen molar-refractivity contribution in [2.24, 2.45) is 5.92 Å². The van der Waals surface area contributed by atoms with Crippen LogP contribution in [0.5, 0.6) is 0 Å². The summed E-state index contributed by atoms with van der Waals surface area (Å²) >= 11 is 3.32. The zero-order chi connectivity index (χ0) is 15.8. The maximum atomic E-state index is 12.8. The maximum absolute atomic E-state index is 12.8. The lowest BCUT2D eigenvalue weighted by Gasteiger charge is -2.22. The molecule has 0 saturated carbocycles. The number of nitrogens with two attached hydrogens (primary N) is 1. The van der Waals surface area contributed by atoms with E-state index >= 15 is 0 Å². The fourth-order valence-corrected chi connectivity index (χ4v) is 4.90. The van der Waals surface area contributed by atoms with E-state index in [1.165, 1.54) is 4.31 Å². The van der Waals surface area contributed by atoms with Gasteiger partial charge in [0.05, 0.1) is 4.90 Å². The first-order chi connectivity index (χ1) is 9.71. The van der Waals surface area contributed by atoms with Gasteiger partial charge in [-0.15, -0.1) is 0 Å². The van der Waals surface area contributed by atoms with E-state index in [2.05, 4.69) is 27.9 Å². The van der Waals surface area contributed by atoms with Crippen LogP contribution in [0.2, 0.25) is 0 Å². The summed E-state index contributed by atoms with van der Waals surface area (Å²) in [5.74, 6) is 0.389. The molecule has 2 rings (SSSR count). The van der Waals surface area contributed by atoms with Gasteiger partial charge in [-0.25, -0.2) is 12.7 Å². The van der Waals surface area contributed by atoms with Gasteiger partial charge in [0, 0.05) is 30.3 Å². The molecule has 5 nitrogen and oxygen atoms in total. The Hall–Kier alpha value is -0.630. The van der Waals surface area contributed by atoms with Crippen LogP contribution in [0.15, 0.2) is 21.5 Å². The summed E-state index contributed by atoms with van der Waals surface area (Å²) in [6.45, 7) is 4.26. The zero-order valence-corrected chi connectivity index (χ0v) is 15.0. The van der Waals surface area contributed by atoms with Gasteiger partial charge >= 0.3 is 0 Å². The van der Waals surface area contributed by atoms with E-state index < -0.39 is 10.0 Å². The normalized spacial score (nSPS) is 20.3. The molecule has 1 aliphatic heterocycles. The minimum absolute atomic E-state index is 0.281. The number of hydrogen-bond donors (Lipinski definition) is 1. The highest BCUT2D eigenvalue weighted by Crippen LogP contribution is 2.29. The van der Waals surface area contributed by atoms with E-state index in [9.17, 15) is 8.42 Å². The van der Waals surface area contributed by atoms with Crippen molar-refractivity contribution in [1.29, 1.82) is 0 Å². The van der Waals surface area contributed by atoms with Crippen LogP contribution in [-0.4, -0.2) is 51.4 Å². The van der Waals surface area contributed by atoms with Crippen LogP contribution >= 0.6 is 15.9 Å². The number of likely N-dealkylation sites (tertiary alicyclic amines) is 1. The fourth-order valence-electron chi connectivity index (χ4n) is 2.75. The summed E-state index contributed by atoms with van der Waals surface area (Å²) in [7, 11) is 0.191. The first-order valence-corrected chi connectivity index (χ1v) is 9.15. The highest BCUT2D eigenvalue weighted by Gasteiger charge is 2.28. The number of benzene rings is 1. The average molecular weight is 376 g/mol. The Kier molecular flexibility index (Phi) is 4.97. The fraction of sp³-hybridized carbons (Fsp3) is 0.571. The second-order valence-electron chi connectivity index (χ2n) is 5.82. The molecule has 0 spiro atoms. The van der Waals surface area contributed by atoms with Gasteiger partial charge in [-0.05, 0) is 50.6 Å². The van der Waals surface area contributed by atoms with Crippen LogP contribution in [0.3, 0.4) is 0 Å². The topological polar surface area (TPSA) is 66.6 Å². The van der Waals surface area contributed by atoms with Crippen molar-refractivity contribution in [3.8, 4) is 0 Å². The van der Waals surface area contributed by atoms with Crippen molar-refractivity contribution < 1.29 is 8.42 Å². The molecule has 1 saturated heterocycles. The third kappa shape index (κ3) is 3.59. The second kappa shape index (κ2) is 6.24. The van der Waals surface area contributed by atoms with Crippen molar-refractivity contribution in [3.05, 3.63) is 22.2 Å². The van der Waals surface area contributed by atoms with E-state index in [0.29, 0.717) is 28.2 Å². The minimum atomic E-state index is -3.51. The molecule has 21 heavy (non-hydrogen) atoms. The lowest BCUT2D eigenvalue weighted by Crippen LogP contribution is -2.33. The van der Waals surface area contributed by atoms with Crippen molar-refractivity contribution in [3.63, 3.8) is 0 Å². The number of hydrogen-bond acceptors (Lipinski definition) is 4. The van der Waals surface area contributed by atoms with Gasteiger partial charge in [-0.1, -0.05) is 15.9 Å². The highest BCUT2D eigenvalue weighted by atomic mass is 79.9. The predicted molar refractivity (Wildman–Crippen MR) is 88.7 cm³/mol. The molecule has 0 radical (unpaired) electrons. The molecule has 1 fully saturated rings. The third-order valence-corrected chi connectivity index (χ3v) is 6.46. The largest absolute Gasteiger partial charge is 0.398 e. The highest BCUT2D eigenvalue weighted by molar-refractivity contribution is 9.10. The average Bonchev–Trinajstić information content (AvgIpc) is 2.79. The summed E-state index contributed by atoms with van der Waals surface area (Å²) in [5, 5.41) is 0. The van der Waals surface area contributed by atoms with Crippen LogP contribution in [0, 0.1) is 12.8 Å². The summed E-state index contributed by atoms with van der Waals surface area (Å²) < 4.78 is 27.7. The molecule has 0 aromatic heterocycles. The van der Waals surface area contributed by atoms with E-state index in [0.717, 1.165) is 19.5 Å². The number of nitrogens with zero attached hydrogens (tertiary/aromatic N) is 2. The quantitative estimate of drug-likeness (QED) is 0.816. The SMILES string of the molecule is Cc1c(N)cc(Br)cc1S(=O)(=O)N(C)CC1CCN(C)C1. The molecule has 1 heterocycles. The van der Waals surface area contributed by atoms with Gasteiger partial charge in [0.1, 0.15) is 0 Å². The predicted octanol–water partition coefficient (Wildman–Crippen LogP) is 1.91. The van der Waals surface area contributed by atoms with Crippen LogP contribution in [-0.2, 0) is 10.0 Å². The van der Waals surface area contributed by atoms with E-state index in [-0.39, 0.29) is 4.90 Å². The molecule has 7 heteroatoms. The van der Waals surface area contributed by atoms with Crippen LogP contribution < -0.4 is 5.73 Å². The van der Waals surface area contributed by atoms with E-state index in [1.54, 1.807) is 26.1 Å². The lowest BCUT2D eigenvalue weighted by molar-refractivity contribution is 0.356. The van der Waals surface area contributed by atoms with Crippen LogP contribution in [0.4, 0.5) is 5.69 Å². The molecule has 1 atom stereocenters. The summed E-state index contributed by atoms with van der Waals surface area (Å²) in [6, 6.07) is 3.35. The number of rotatable bonds is 4. The molecule has 1 aliphatic rings. The number of anilines is 1. The molecular weight excluding hydrogens is 354 g/mol. The van der Waals surface area contributed by atoms with Gasteiger partial charge in [0.15, 0.2) is 0 Å². The molecule has 2 N–H and O–H groups in total. The molecule has 118 valence electrons. The van der Waals surface area contributed by atoms with Crippen molar-refractivity contribution in [2.45, 2.75) is 18.2 Å². The number of nitrogen functional groups attached to an aromatic ring is 1. The zero-order valence-electron chi connectivity index (χ0n) is 12.6. The first-order valence-electron chi connectivity index (χ1n) is 6.92. The Morgan fingerprint density at radius 3 is 2.71 bits per heavy atom. The molecule has 1 aromatic carbocycles. The van der Waals surface area contributed by atoms with E-state index in [1.807, 2.05) is 0 Å². The molecule has 0 amide bonds. The maximum Gasteiger partial charge on any atom is 0.243 e. The minimum Gasteiger partial charge on any atom is -0.398 e. The Bertz CT molecular complexity index is 633. The third-order valence-electron chi connectivity index (χ3n) is 4.06. The molecule has 1 unspecified atom stereocenters. The first kappa shape index (κ1) is 16.7. The molecule has 0 aliphatic carbocycles. The monoisotopic (exact) mass is 375 g/mol. The molecule has 1 aromatic rings. The van der Waals surface area contributed by atoms with Gasteiger partial charge in [-0.2, -0.15) is 0 Å². The van der Waals surface area contributed by atoms with Gasteiger partial charge < -0.3 is 10.6 Å². The van der Waals surface area contributed by atoms with Crippen molar-refractivity contribution in [2.75, 3.05) is 39.5 Å². The van der Waals surface area contributed by atoms with Gasteiger partial charge in [0.25, 0.3) is 0 Å². The van der Waals surface area contributed by atoms with Crippen LogP contribution in [0.25, 0.3) is 0 Å². The Balaban J connectivity index is 2.25. The molecular formula is C14H22BrN3O2S. The Morgan fingerprint density at radius 2 is 2.14 bits per heavy atom. The summed E-state index contributed by atoms with van der Waals surface area (Å²) in [6.07, 6.45) is 1.04. The van der Waals surface area contributed by atoms with Gasteiger partial charge in [-0.3, -0.25) is 0 Å². The Labute approximate surface area is 135 Å². The van der Waals surface area contributed by atoms with Crippen molar-refractivity contribution >= 4 is 31.6 Å². The smallest absolute Gasteiger partial charge is 0.243 e. The summed E-state index contributed by atoms with van der Waals surface area (Å²) in [5.41, 5.74) is 6.97. The number of halogens is 1. The molecule has 0 bridgehead atoms. The van der Waals surface area contributed by atoms with Crippen LogP contribution in [0.1, 0.15) is 12.0 Å². The Morgan fingerprint density at radius 1 is 1.48 bits per heavy atom.